The molecular formula is C16H26N6O2. The molecule has 0 aliphatic carbocycles. The predicted molar refractivity (Wildman–Crippen MR) is 89.5 cm³/mol. The van der Waals surface area contributed by atoms with Crippen molar-refractivity contribution in [3.05, 3.63) is 18.0 Å². The summed E-state index contributed by atoms with van der Waals surface area (Å²) in [6.07, 6.45) is 4.62. The molecule has 2 fully saturated rings. The zero-order chi connectivity index (χ0) is 17.1. The summed E-state index contributed by atoms with van der Waals surface area (Å²) in [7, 11) is 1.88. The Labute approximate surface area is 142 Å². The molecule has 0 bridgehead atoms. The van der Waals surface area contributed by atoms with Gasteiger partial charge in [-0.3, -0.25) is 9.48 Å². The third-order valence-corrected chi connectivity index (χ3v) is 4.85. The first-order valence-corrected chi connectivity index (χ1v) is 8.61. The third kappa shape index (κ3) is 3.53. The van der Waals surface area contributed by atoms with Crippen LogP contribution in [0.1, 0.15) is 24.8 Å². The molecule has 8 heteroatoms. The lowest BCUT2D eigenvalue weighted by molar-refractivity contribution is -0.125. The van der Waals surface area contributed by atoms with Gasteiger partial charge in [0.25, 0.3) is 0 Å². The Morgan fingerprint density at radius 1 is 1.42 bits per heavy atom. The van der Waals surface area contributed by atoms with Gasteiger partial charge in [-0.1, -0.05) is 0 Å². The number of nitrogens with zero attached hydrogens (tertiary/aromatic N) is 3. The van der Waals surface area contributed by atoms with Crippen molar-refractivity contribution < 1.29 is 9.59 Å². The van der Waals surface area contributed by atoms with Crippen LogP contribution in [-0.2, 0) is 11.8 Å². The molecule has 0 spiro atoms. The summed E-state index contributed by atoms with van der Waals surface area (Å²) < 4.78 is 1.77. The Morgan fingerprint density at radius 2 is 2.25 bits per heavy atom. The van der Waals surface area contributed by atoms with Crippen molar-refractivity contribution in [1.82, 2.24) is 30.6 Å². The van der Waals surface area contributed by atoms with Gasteiger partial charge in [-0.25, -0.2) is 4.79 Å². The molecule has 3 heterocycles. The van der Waals surface area contributed by atoms with Crippen molar-refractivity contribution in [3.63, 3.8) is 0 Å². The largest absolute Gasteiger partial charge is 0.351 e. The maximum absolute atomic E-state index is 12.7. The van der Waals surface area contributed by atoms with Crippen molar-refractivity contribution in [2.45, 2.75) is 25.3 Å². The number of aryl methyl sites for hydroxylation is 1. The predicted octanol–water partition coefficient (Wildman–Crippen LogP) is -0.357. The molecule has 2 aliphatic heterocycles. The van der Waals surface area contributed by atoms with Crippen molar-refractivity contribution in [2.75, 3.05) is 32.7 Å². The third-order valence-electron chi connectivity index (χ3n) is 4.85. The summed E-state index contributed by atoms with van der Waals surface area (Å²) >= 11 is 0. The van der Waals surface area contributed by atoms with E-state index in [0.29, 0.717) is 26.2 Å². The Hall–Kier alpha value is -2.09. The molecule has 3 amide bonds. The fourth-order valence-corrected chi connectivity index (χ4v) is 3.57. The van der Waals surface area contributed by atoms with E-state index in [1.807, 2.05) is 26.4 Å². The maximum atomic E-state index is 12.7. The van der Waals surface area contributed by atoms with E-state index < -0.39 is 0 Å². The van der Waals surface area contributed by atoms with Gasteiger partial charge in [-0.2, -0.15) is 5.10 Å². The normalized spacial score (nSPS) is 26.6. The van der Waals surface area contributed by atoms with Gasteiger partial charge < -0.3 is 20.9 Å². The van der Waals surface area contributed by atoms with Crippen molar-refractivity contribution in [3.8, 4) is 0 Å². The number of carbonyl (C=O) groups excluding carboxylic acids is 2. The number of hydrogen-bond acceptors (Lipinski definition) is 4. The van der Waals surface area contributed by atoms with Gasteiger partial charge in [0.1, 0.15) is 0 Å². The number of rotatable bonds is 4. The molecule has 1 aromatic rings. The molecule has 0 aromatic carbocycles. The molecule has 3 rings (SSSR count). The van der Waals surface area contributed by atoms with Crippen LogP contribution in [0.4, 0.5) is 4.79 Å². The van der Waals surface area contributed by atoms with Crippen LogP contribution in [0.5, 0.6) is 0 Å². The summed E-state index contributed by atoms with van der Waals surface area (Å²) in [6.45, 7) is 5.25. The number of nitrogens with one attached hydrogen (secondary N) is 3. The first-order chi connectivity index (χ1) is 11.6. The highest BCUT2D eigenvalue weighted by molar-refractivity contribution is 5.81. The summed E-state index contributed by atoms with van der Waals surface area (Å²) in [6, 6.07) is -0.0136. The number of aromatic nitrogens is 2. The van der Waals surface area contributed by atoms with Gasteiger partial charge in [0.05, 0.1) is 12.1 Å². The monoisotopic (exact) mass is 334 g/mol. The maximum Gasteiger partial charge on any atom is 0.317 e. The summed E-state index contributed by atoms with van der Waals surface area (Å²) in [5, 5.41) is 13.4. The average molecular weight is 334 g/mol. The molecule has 24 heavy (non-hydrogen) atoms. The summed E-state index contributed by atoms with van der Waals surface area (Å²) in [4.78, 5) is 26.3. The molecule has 8 nitrogen and oxygen atoms in total. The van der Waals surface area contributed by atoms with E-state index in [1.165, 1.54) is 0 Å². The minimum Gasteiger partial charge on any atom is -0.351 e. The van der Waals surface area contributed by atoms with Crippen LogP contribution in [0.3, 0.4) is 0 Å². The first-order valence-electron chi connectivity index (χ1n) is 8.61. The number of hydrogen-bond donors (Lipinski definition) is 3. The van der Waals surface area contributed by atoms with E-state index in [2.05, 4.69) is 21.0 Å². The van der Waals surface area contributed by atoms with Crippen LogP contribution in [-0.4, -0.2) is 65.4 Å². The van der Waals surface area contributed by atoms with Gasteiger partial charge in [-0.15, -0.1) is 0 Å². The Balaban J connectivity index is 1.56. The molecule has 2 aliphatic rings. The van der Waals surface area contributed by atoms with E-state index in [4.69, 9.17) is 0 Å². The number of likely N-dealkylation sites (tertiary alicyclic amines) is 1. The second-order valence-electron chi connectivity index (χ2n) is 6.59. The van der Waals surface area contributed by atoms with Crippen LogP contribution in [0.2, 0.25) is 0 Å². The van der Waals surface area contributed by atoms with E-state index in [0.717, 1.165) is 18.5 Å². The fourth-order valence-electron chi connectivity index (χ4n) is 3.57. The molecule has 3 N–H and O–H groups in total. The average Bonchev–Trinajstić information content (AvgIpc) is 3.26. The minimum atomic E-state index is -0.0901. The van der Waals surface area contributed by atoms with Crippen LogP contribution < -0.4 is 16.0 Å². The molecule has 3 atom stereocenters. The Morgan fingerprint density at radius 3 is 2.96 bits per heavy atom. The highest BCUT2D eigenvalue weighted by Crippen LogP contribution is 2.28. The molecule has 1 unspecified atom stereocenters. The highest BCUT2D eigenvalue weighted by atomic mass is 16.2. The summed E-state index contributed by atoms with van der Waals surface area (Å²) in [5.41, 5.74) is 1.10. The van der Waals surface area contributed by atoms with E-state index in [1.54, 1.807) is 9.58 Å². The van der Waals surface area contributed by atoms with Gasteiger partial charge in [0.2, 0.25) is 5.91 Å². The van der Waals surface area contributed by atoms with Crippen molar-refractivity contribution in [1.29, 1.82) is 0 Å². The quantitative estimate of drug-likeness (QED) is 0.701. The molecule has 2 saturated heterocycles. The molecule has 0 radical (unpaired) electrons. The molecule has 1 aromatic heterocycles. The smallest absolute Gasteiger partial charge is 0.317 e. The van der Waals surface area contributed by atoms with Gasteiger partial charge in [0, 0.05) is 57.9 Å². The minimum absolute atomic E-state index is 0.0373. The first kappa shape index (κ1) is 16.8. The van der Waals surface area contributed by atoms with Crippen LogP contribution in [0.15, 0.2) is 12.4 Å². The van der Waals surface area contributed by atoms with E-state index in [9.17, 15) is 9.59 Å². The number of urea groups is 1. The standard InChI is InChI=1S/C16H26N6O2/c1-3-18-16(24)22-5-4-12(10-22)20-15(23)14-8-17-7-13(14)11-6-19-21(2)9-11/h6,9,12-14,17H,3-5,7-8,10H2,1-2H3,(H,18,24)(H,20,23)/t12?,13-,14+/m1/s1. The Kier molecular flexibility index (Phi) is 5.03. The van der Waals surface area contributed by atoms with Gasteiger partial charge in [-0.05, 0) is 18.9 Å². The lowest BCUT2D eigenvalue weighted by Crippen LogP contribution is -2.44. The van der Waals surface area contributed by atoms with Crippen molar-refractivity contribution in [2.24, 2.45) is 13.0 Å². The lowest BCUT2D eigenvalue weighted by Gasteiger charge is -2.21. The van der Waals surface area contributed by atoms with Crippen LogP contribution >= 0.6 is 0 Å². The van der Waals surface area contributed by atoms with Gasteiger partial charge in [0.15, 0.2) is 0 Å². The van der Waals surface area contributed by atoms with Crippen LogP contribution in [0, 0.1) is 5.92 Å². The topological polar surface area (TPSA) is 91.3 Å². The number of amides is 3. The summed E-state index contributed by atoms with van der Waals surface area (Å²) in [5.74, 6) is 0.129. The SMILES string of the molecule is CCNC(=O)N1CCC(NC(=O)[C@H]2CNC[C@@H]2c2cnn(C)c2)C1. The molecule has 0 saturated carbocycles. The second kappa shape index (κ2) is 7.21. The van der Waals surface area contributed by atoms with E-state index >= 15 is 0 Å². The zero-order valence-electron chi connectivity index (χ0n) is 14.3. The molecule has 132 valence electrons. The van der Waals surface area contributed by atoms with Crippen molar-refractivity contribution >= 4 is 11.9 Å². The number of carbonyl (C=O) groups is 2. The highest BCUT2D eigenvalue weighted by Gasteiger charge is 2.36. The Bertz CT molecular complexity index is 601. The van der Waals surface area contributed by atoms with E-state index in [-0.39, 0.29) is 29.8 Å². The van der Waals surface area contributed by atoms with Gasteiger partial charge >= 0.3 is 6.03 Å². The van der Waals surface area contributed by atoms with Crippen LogP contribution in [0.25, 0.3) is 0 Å². The molecular weight excluding hydrogens is 308 g/mol. The lowest BCUT2D eigenvalue weighted by atomic mass is 9.90. The zero-order valence-corrected chi connectivity index (χ0v) is 14.3. The second-order valence-corrected chi connectivity index (χ2v) is 6.59. The fraction of sp³-hybridized carbons (Fsp3) is 0.688.